The number of hydrogen-bond donors (Lipinski definition) is 3. The summed E-state index contributed by atoms with van der Waals surface area (Å²) in [7, 11) is 0. The molecule has 2 aliphatic rings. The first-order valence-electron chi connectivity index (χ1n) is 11.5. The van der Waals surface area contributed by atoms with E-state index in [1.54, 1.807) is 18.2 Å². The molecule has 11 heteroatoms. The lowest BCUT2D eigenvalue weighted by Gasteiger charge is -2.30. The number of ether oxygens (including phenoxy) is 2. The number of nitrogens with zero attached hydrogens (tertiary/aromatic N) is 2. The lowest BCUT2D eigenvalue weighted by molar-refractivity contribution is -0.135. The van der Waals surface area contributed by atoms with Gasteiger partial charge in [0.25, 0.3) is 5.91 Å². The summed E-state index contributed by atoms with van der Waals surface area (Å²) < 4.78 is 16.5. The molecule has 182 valence electrons. The Morgan fingerprint density at radius 1 is 1.06 bits per heavy atom. The zero-order valence-electron chi connectivity index (χ0n) is 19.1. The van der Waals surface area contributed by atoms with Crippen molar-refractivity contribution in [2.24, 2.45) is 0 Å². The third-order valence-corrected chi connectivity index (χ3v) is 5.96. The fourth-order valence-corrected chi connectivity index (χ4v) is 4.27. The molecule has 0 spiro atoms. The van der Waals surface area contributed by atoms with Gasteiger partial charge in [0.2, 0.25) is 23.8 Å². The fourth-order valence-electron chi connectivity index (χ4n) is 4.27. The number of benzene rings is 1. The van der Waals surface area contributed by atoms with E-state index in [0.717, 1.165) is 38.5 Å². The van der Waals surface area contributed by atoms with Gasteiger partial charge in [-0.25, -0.2) is 0 Å². The monoisotopic (exact) mass is 471 g/mol. The second-order valence-corrected chi connectivity index (χ2v) is 8.59. The first-order valence-corrected chi connectivity index (χ1v) is 11.5. The van der Waals surface area contributed by atoms with E-state index >= 15 is 0 Å². The SMILES string of the molecule is CC(=O)NC1(c2noc(CCC(=O)NNC(=O)C3COc4ccccc4O3)n2)CCCCCC1. The van der Waals surface area contributed by atoms with Crippen molar-refractivity contribution in [1.29, 1.82) is 0 Å². The van der Waals surface area contributed by atoms with Crippen molar-refractivity contribution >= 4 is 17.7 Å². The first kappa shape index (κ1) is 23.5. The van der Waals surface area contributed by atoms with Gasteiger partial charge in [0.15, 0.2) is 17.3 Å². The molecule has 0 bridgehead atoms. The molecular weight excluding hydrogens is 442 g/mol. The maximum absolute atomic E-state index is 12.3. The molecule has 1 aliphatic heterocycles. The van der Waals surface area contributed by atoms with E-state index in [1.807, 2.05) is 6.07 Å². The predicted octanol–water partition coefficient (Wildman–Crippen LogP) is 1.68. The van der Waals surface area contributed by atoms with Gasteiger partial charge in [-0.15, -0.1) is 0 Å². The number of nitrogens with one attached hydrogen (secondary N) is 3. The average Bonchev–Trinajstić information content (AvgIpc) is 3.20. The van der Waals surface area contributed by atoms with Crippen molar-refractivity contribution in [2.45, 2.75) is 69.9 Å². The Kier molecular flexibility index (Phi) is 7.29. The number of aryl methyl sites for hydroxylation is 1. The van der Waals surface area contributed by atoms with Crippen LogP contribution in [0.1, 0.15) is 63.6 Å². The maximum atomic E-state index is 12.3. The van der Waals surface area contributed by atoms with Crippen molar-refractivity contribution in [3.8, 4) is 11.5 Å². The highest BCUT2D eigenvalue weighted by Crippen LogP contribution is 2.34. The summed E-state index contributed by atoms with van der Waals surface area (Å²) in [5, 5.41) is 7.13. The molecule has 3 amide bonds. The van der Waals surface area contributed by atoms with E-state index in [0.29, 0.717) is 23.2 Å². The molecule has 34 heavy (non-hydrogen) atoms. The minimum absolute atomic E-state index is 0.0277. The highest BCUT2D eigenvalue weighted by molar-refractivity contribution is 5.85. The third-order valence-electron chi connectivity index (χ3n) is 5.96. The second kappa shape index (κ2) is 10.5. The minimum Gasteiger partial charge on any atom is -0.485 e. The Balaban J connectivity index is 1.27. The number of aromatic nitrogens is 2. The average molecular weight is 472 g/mol. The van der Waals surface area contributed by atoms with Gasteiger partial charge >= 0.3 is 0 Å². The van der Waals surface area contributed by atoms with Crippen molar-refractivity contribution < 1.29 is 28.4 Å². The summed E-state index contributed by atoms with van der Waals surface area (Å²) in [5.74, 6) is 0.704. The topological polar surface area (TPSA) is 145 Å². The molecule has 1 aromatic carbocycles. The summed E-state index contributed by atoms with van der Waals surface area (Å²) in [6.45, 7) is 1.52. The quantitative estimate of drug-likeness (QED) is 0.426. The molecule has 0 radical (unpaired) electrons. The van der Waals surface area contributed by atoms with Gasteiger partial charge in [0.05, 0.1) is 0 Å². The van der Waals surface area contributed by atoms with Gasteiger partial charge in [0, 0.05) is 19.8 Å². The van der Waals surface area contributed by atoms with Crippen LogP contribution in [0.5, 0.6) is 11.5 Å². The number of para-hydroxylation sites is 2. The zero-order chi connectivity index (χ0) is 24.0. The van der Waals surface area contributed by atoms with Crippen molar-refractivity contribution in [3.63, 3.8) is 0 Å². The van der Waals surface area contributed by atoms with E-state index in [4.69, 9.17) is 14.0 Å². The molecular formula is C23H29N5O6. The molecule has 1 saturated carbocycles. The van der Waals surface area contributed by atoms with E-state index in [1.165, 1.54) is 6.92 Å². The van der Waals surface area contributed by atoms with Crippen molar-refractivity contribution in [1.82, 2.24) is 26.3 Å². The predicted molar refractivity (Wildman–Crippen MR) is 118 cm³/mol. The van der Waals surface area contributed by atoms with Crippen LogP contribution in [0.25, 0.3) is 0 Å². The molecule has 3 N–H and O–H groups in total. The Morgan fingerprint density at radius 3 is 2.53 bits per heavy atom. The smallest absolute Gasteiger partial charge is 0.283 e. The molecule has 2 aromatic rings. The lowest BCUT2D eigenvalue weighted by atomic mass is 9.89. The van der Waals surface area contributed by atoms with Crippen LogP contribution in [0.4, 0.5) is 0 Å². The highest BCUT2D eigenvalue weighted by Gasteiger charge is 2.38. The largest absolute Gasteiger partial charge is 0.485 e. The van der Waals surface area contributed by atoms with Gasteiger partial charge < -0.3 is 19.3 Å². The molecule has 1 fully saturated rings. The van der Waals surface area contributed by atoms with Gasteiger partial charge in [-0.05, 0) is 25.0 Å². The molecule has 1 atom stereocenters. The zero-order valence-corrected chi connectivity index (χ0v) is 19.1. The summed E-state index contributed by atoms with van der Waals surface area (Å²) in [6, 6.07) is 7.05. The van der Waals surface area contributed by atoms with Crippen LogP contribution in [-0.2, 0) is 26.3 Å². The van der Waals surface area contributed by atoms with Crippen LogP contribution >= 0.6 is 0 Å². The number of hydrazine groups is 1. The molecule has 11 nitrogen and oxygen atoms in total. The van der Waals surface area contributed by atoms with Gasteiger partial charge in [-0.1, -0.05) is 43.0 Å². The maximum Gasteiger partial charge on any atom is 0.283 e. The number of carbonyl (C=O) groups excluding carboxylic acids is 3. The number of rotatable bonds is 6. The second-order valence-electron chi connectivity index (χ2n) is 8.59. The van der Waals surface area contributed by atoms with Crippen molar-refractivity contribution in [3.05, 3.63) is 36.0 Å². The summed E-state index contributed by atoms with van der Waals surface area (Å²) >= 11 is 0. The molecule has 4 rings (SSSR count). The van der Waals surface area contributed by atoms with E-state index in [2.05, 4.69) is 26.3 Å². The summed E-state index contributed by atoms with van der Waals surface area (Å²) in [4.78, 5) is 40.8. The fraction of sp³-hybridized carbons (Fsp3) is 0.522. The van der Waals surface area contributed by atoms with Gasteiger partial charge in [-0.3, -0.25) is 25.2 Å². The van der Waals surface area contributed by atoms with E-state index in [-0.39, 0.29) is 25.4 Å². The Labute approximate surface area is 196 Å². The van der Waals surface area contributed by atoms with Crippen LogP contribution in [0.2, 0.25) is 0 Å². The molecule has 1 aliphatic carbocycles. The summed E-state index contributed by atoms with van der Waals surface area (Å²) in [6.07, 6.45) is 4.97. The molecule has 0 saturated heterocycles. The van der Waals surface area contributed by atoms with Gasteiger partial charge in [-0.2, -0.15) is 4.98 Å². The van der Waals surface area contributed by atoms with Crippen LogP contribution in [-0.4, -0.2) is 40.6 Å². The Hall–Kier alpha value is -3.63. The van der Waals surface area contributed by atoms with Crippen LogP contribution in [0.3, 0.4) is 0 Å². The molecule has 2 heterocycles. The lowest BCUT2D eigenvalue weighted by Crippen LogP contribution is -2.50. The highest BCUT2D eigenvalue weighted by atomic mass is 16.6. The third kappa shape index (κ3) is 5.64. The Morgan fingerprint density at radius 2 is 1.79 bits per heavy atom. The first-order chi connectivity index (χ1) is 16.4. The Bertz CT molecular complexity index is 1030. The van der Waals surface area contributed by atoms with Crippen LogP contribution in [0, 0.1) is 0 Å². The molecule has 1 aromatic heterocycles. The molecule has 1 unspecified atom stereocenters. The normalized spacial score (nSPS) is 18.9. The standard InChI is InChI=1S/C23H29N5O6/c1-15(29)25-23(12-6-2-3-7-13-23)22-24-20(34-28-22)11-10-19(30)26-27-21(31)18-14-32-16-8-4-5-9-17(16)33-18/h4-5,8-9,18H,2-3,6-7,10-14H2,1H3,(H,25,29)(H,26,30)(H,27,31). The van der Waals surface area contributed by atoms with E-state index in [9.17, 15) is 14.4 Å². The van der Waals surface area contributed by atoms with E-state index < -0.39 is 23.5 Å². The number of fused-ring (bicyclic) bond motifs is 1. The van der Waals surface area contributed by atoms with Crippen LogP contribution < -0.4 is 25.6 Å². The minimum atomic E-state index is -0.877. The van der Waals surface area contributed by atoms with Crippen molar-refractivity contribution in [2.75, 3.05) is 6.61 Å². The number of hydrogen-bond acceptors (Lipinski definition) is 8. The number of amides is 3. The summed E-state index contributed by atoms with van der Waals surface area (Å²) in [5.41, 5.74) is 4.08. The van der Waals surface area contributed by atoms with Crippen LogP contribution in [0.15, 0.2) is 28.8 Å². The number of carbonyl (C=O) groups is 3. The van der Waals surface area contributed by atoms with Gasteiger partial charge in [0.1, 0.15) is 12.1 Å².